The molecule has 0 fully saturated rings. The Balaban J connectivity index is 1.95. The highest BCUT2D eigenvalue weighted by atomic mass is 32.2. The predicted molar refractivity (Wildman–Crippen MR) is 120 cm³/mol. The monoisotopic (exact) mass is 440 g/mol. The first-order valence-corrected chi connectivity index (χ1v) is 11.4. The smallest absolute Gasteiger partial charge is 0.352 e. The molecule has 0 aromatic heterocycles. The third-order valence-electron chi connectivity index (χ3n) is 5.09. The molecule has 1 atom stereocenters. The fourth-order valence-electron chi connectivity index (χ4n) is 3.44. The highest BCUT2D eigenvalue weighted by molar-refractivity contribution is 8.04. The van der Waals surface area contributed by atoms with Gasteiger partial charge in [-0.1, -0.05) is 87.5 Å². The second-order valence-electron chi connectivity index (χ2n) is 7.83. The third-order valence-corrected chi connectivity index (χ3v) is 6.28. The zero-order valence-electron chi connectivity index (χ0n) is 18.1. The van der Waals surface area contributed by atoms with Gasteiger partial charge in [0.2, 0.25) is 0 Å². The highest BCUT2D eigenvalue weighted by Crippen LogP contribution is 2.44. The minimum absolute atomic E-state index is 0.115. The van der Waals surface area contributed by atoms with E-state index in [4.69, 9.17) is 9.47 Å². The molecule has 0 amide bonds. The van der Waals surface area contributed by atoms with Crippen molar-refractivity contribution in [1.82, 2.24) is 0 Å². The van der Waals surface area contributed by atoms with E-state index in [0.717, 1.165) is 16.9 Å². The number of aliphatic hydroxyl groups is 1. The third kappa shape index (κ3) is 5.31. The van der Waals surface area contributed by atoms with Gasteiger partial charge in [-0.15, -0.1) is 0 Å². The van der Waals surface area contributed by atoms with Gasteiger partial charge in [0.25, 0.3) is 5.79 Å². The van der Waals surface area contributed by atoms with Gasteiger partial charge in [0.1, 0.15) is 10.7 Å². The van der Waals surface area contributed by atoms with E-state index in [-0.39, 0.29) is 29.4 Å². The molecule has 1 heterocycles. The van der Waals surface area contributed by atoms with E-state index in [2.05, 4.69) is 13.8 Å². The van der Waals surface area contributed by atoms with E-state index in [1.54, 1.807) is 24.3 Å². The van der Waals surface area contributed by atoms with E-state index >= 15 is 0 Å². The lowest BCUT2D eigenvalue weighted by molar-refractivity contribution is -0.237. The van der Waals surface area contributed by atoms with Crippen molar-refractivity contribution < 1.29 is 24.2 Å². The summed E-state index contributed by atoms with van der Waals surface area (Å²) >= 11 is 1.18. The molecule has 0 saturated carbocycles. The van der Waals surface area contributed by atoms with Crippen molar-refractivity contribution in [3.05, 3.63) is 76.4 Å². The summed E-state index contributed by atoms with van der Waals surface area (Å²) in [6.45, 7) is 6.12. The summed E-state index contributed by atoms with van der Waals surface area (Å²) in [7, 11) is 0. The van der Waals surface area contributed by atoms with Gasteiger partial charge < -0.3 is 14.6 Å². The number of esters is 2. The Bertz CT molecular complexity index is 967. The standard InChI is InChI=1S/C25H28O5S/c1-4-5-15-22(27)29-25(18-11-7-6-8-12-18)16-20(26)23(24(28)30-25)31-21-14-10-9-13-19(21)17(2)3/h6-14,17,26H,4-5,15-16H2,1-3H3. The van der Waals surface area contributed by atoms with Gasteiger partial charge >= 0.3 is 11.9 Å². The maximum absolute atomic E-state index is 13.0. The van der Waals surface area contributed by atoms with Gasteiger partial charge in [0, 0.05) is 16.9 Å². The average molecular weight is 441 g/mol. The van der Waals surface area contributed by atoms with Crippen LogP contribution in [0, 0.1) is 0 Å². The van der Waals surface area contributed by atoms with Crippen LogP contribution in [-0.2, 0) is 24.8 Å². The van der Waals surface area contributed by atoms with Crippen LogP contribution in [0.15, 0.2) is 70.2 Å². The number of hydrogen-bond donors (Lipinski definition) is 1. The molecule has 3 rings (SSSR count). The fraction of sp³-hybridized carbons (Fsp3) is 0.360. The predicted octanol–water partition coefficient (Wildman–Crippen LogP) is 6.21. The lowest BCUT2D eigenvalue weighted by Crippen LogP contribution is -2.41. The van der Waals surface area contributed by atoms with Gasteiger partial charge in [-0.3, -0.25) is 4.79 Å². The van der Waals surface area contributed by atoms with E-state index in [1.165, 1.54) is 11.8 Å². The molecule has 1 aliphatic rings. The molecule has 0 radical (unpaired) electrons. The second kappa shape index (κ2) is 10.1. The Labute approximate surface area is 187 Å². The van der Waals surface area contributed by atoms with Crippen LogP contribution in [0.5, 0.6) is 0 Å². The first-order valence-electron chi connectivity index (χ1n) is 10.6. The molecular weight excluding hydrogens is 412 g/mol. The first-order chi connectivity index (χ1) is 14.9. The minimum atomic E-state index is -1.67. The number of thioether (sulfide) groups is 1. The van der Waals surface area contributed by atoms with Crippen LogP contribution in [0.25, 0.3) is 0 Å². The minimum Gasteiger partial charge on any atom is -0.511 e. The molecule has 0 bridgehead atoms. The summed E-state index contributed by atoms with van der Waals surface area (Å²) in [4.78, 5) is 26.5. The summed E-state index contributed by atoms with van der Waals surface area (Å²) in [5.41, 5.74) is 1.58. The zero-order valence-corrected chi connectivity index (χ0v) is 18.9. The average Bonchev–Trinajstić information content (AvgIpc) is 2.75. The topological polar surface area (TPSA) is 72.8 Å². The van der Waals surface area contributed by atoms with Crippen LogP contribution in [-0.4, -0.2) is 17.0 Å². The maximum Gasteiger partial charge on any atom is 0.352 e. The highest BCUT2D eigenvalue weighted by Gasteiger charge is 2.47. The number of carbonyl (C=O) groups excluding carboxylic acids is 2. The number of unbranched alkanes of at least 4 members (excludes halogenated alkanes) is 1. The van der Waals surface area contributed by atoms with Gasteiger partial charge in [-0.2, -0.15) is 0 Å². The Morgan fingerprint density at radius 1 is 1.16 bits per heavy atom. The number of aliphatic hydroxyl groups excluding tert-OH is 1. The number of benzene rings is 2. The van der Waals surface area contributed by atoms with Crippen LogP contribution < -0.4 is 0 Å². The molecule has 0 saturated heterocycles. The number of rotatable bonds is 8. The van der Waals surface area contributed by atoms with Crippen LogP contribution in [0.2, 0.25) is 0 Å². The van der Waals surface area contributed by atoms with Gasteiger partial charge in [0.15, 0.2) is 0 Å². The number of cyclic esters (lactones) is 1. The van der Waals surface area contributed by atoms with Crippen molar-refractivity contribution in [3.63, 3.8) is 0 Å². The van der Waals surface area contributed by atoms with Crippen molar-refractivity contribution in [2.24, 2.45) is 0 Å². The SMILES string of the molecule is CCCCC(=O)OC1(c2ccccc2)CC(O)=C(Sc2ccccc2C(C)C)C(=O)O1. The normalized spacial score (nSPS) is 18.8. The molecule has 1 unspecified atom stereocenters. The van der Waals surface area contributed by atoms with E-state index in [1.807, 2.05) is 37.3 Å². The van der Waals surface area contributed by atoms with Crippen LogP contribution in [0.4, 0.5) is 0 Å². The first kappa shape index (κ1) is 22.9. The molecule has 2 aromatic carbocycles. The molecule has 6 heteroatoms. The largest absolute Gasteiger partial charge is 0.511 e. The molecule has 31 heavy (non-hydrogen) atoms. The van der Waals surface area contributed by atoms with E-state index in [0.29, 0.717) is 12.0 Å². The number of carbonyl (C=O) groups is 2. The Hall–Kier alpha value is -2.73. The van der Waals surface area contributed by atoms with Gasteiger partial charge in [-0.25, -0.2) is 4.79 Å². The lowest BCUT2D eigenvalue weighted by Gasteiger charge is -2.36. The van der Waals surface area contributed by atoms with Crippen molar-refractivity contribution in [3.8, 4) is 0 Å². The van der Waals surface area contributed by atoms with Crippen molar-refractivity contribution in [2.75, 3.05) is 0 Å². The summed E-state index contributed by atoms with van der Waals surface area (Å²) < 4.78 is 11.4. The van der Waals surface area contributed by atoms with Crippen LogP contribution >= 0.6 is 11.8 Å². The van der Waals surface area contributed by atoms with Crippen molar-refractivity contribution >= 4 is 23.7 Å². The van der Waals surface area contributed by atoms with Crippen LogP contribution in [0.3, 0.4) is 0 Å². The van der Waals surface area contributed by atoms with Crippen LogP contribution in [0.1, 0.15) is 63.5 Å². The molecule has 5 nitrogen and oxygen atoms in total. The summed E-state index contributed by atoms with van der Waals surface area (Å²) in [6.07, 6.45) is 1.60. The quantitative estimate of drug-likeness (QED) is 0.492. The molecule has 2 aromatic rings. The van der Waals surface area contributed by atoms with E-state index < -0.39 is 17.7 Å². The summed E-state index contributed by atoms with van der Waals surface area (Å²) in [5, 5.41) is 10.9. The second-order valence-corrected chi connectivity index (χ2v) is 8.89. The Kier molecular flexibility index (Phi) is 7.44. The molecule has 1 aliphatic heterocycles. The van der Waals surface area contributed by atoms with E-state index in [9.17, 15) is 14.7 Å². The van der Waals surface area contributed by atoms with Crippen molar-refractivity contribution in [1.29, 1.82) is 0 Å². The van der Waals surface area contributed by atoms with Gasteiger partial charge in [-0.05, 0) is 24.0 Å². The molecule has 164 valence electrons. The van der Waals surface area contributed by atoms with Crippen molar-refractivity contribution in [2.45, 2.75) is 63.1 Å². The fourth-order valence-corrected chi connectivity index (χ4v) is 4.54. The Morgan fingerprint density at radius 2 is 1.84 bits per heavy atom. The molecule has 1 N–H and O–H groups in total. The Morgan fingerprint density at radius 3 is 2.48 bits per heavy atom. The lowest BCUT2D eigenvalue weighted by atomic mass is 9.99. The molecular formula is C25H28O5S. The maximum atomic E-state index is 13.0. The number of ether oxygens (including phenoxy) is 2. The molecule has 0 aliphatic carbocycles. The summed E-state index contributed by atoms with van der Waals surface area (Å²) in [5.74, 6) is -2.73. The number of hydrogen-bond acceptors (Lipinski definition) is 6. The molecule has 0 spiro atoms. The van der Waals surface area contributed by atoms with Gasteiger partial charge in [0.05, 0.1) is 6.42 Å². The summed E-state index contributed by atoms with van der Waals surface area (Å²) in [6, 6.07) is 16.6. The zero-order chi connectivity index (χ0) is 22.4.